The molecule has 0 saturated carbocycles. The highest BCUT2D eigenvalue weighted by molar-refractivity contribution is 7.89. The topological polar surface area (TPSA) is 67.8 Å². The maximum atomic E-state index is 11.8. The Balaban J connectivity index is 2.11. The molecule has 2 aromatic carbocycles. The Labute approximate surface area is 130 Å². The van der Waals surface area contributed by atoms with Crippen LogP contribution in [0.3, 0.4) is 0 Å². The number of sulfonamides is 1. The highest BCUT2D eigenvalue weighted by Gasteiger charge is 2.12. The maximum Gasteiger partial charge on any atom is 0.240 e. The summed E-state index contributed by atoms with van der Waals surface area (Å²) in [6.07, 6.45) is 0. The van der Waals surface area contributed by atoms with Crippen LogP contribution in [0, 0.1) is 0 Å². The minimum absolute atomic E-state index is 0.199. The number of rotatable bonds is 6. The second-order valence-electron chi connectivity index (χ2n) is 4.67. The summed E-state index contributed by atoms with van der Waals surface area (Å²) in [6.45, 7) is 2.14. The van der Waals surface area contributed by atoms with Gasteiger partial charge in [0, 0.05) is 5.56 Å². The first-order chi connectivity index (χ1) is 10.5. The Morgan fingerprint density at radius 1 is 1.14 bits per heavy atom. The molecule has 0 heterocycles. The van der Waals surface area contributed by atoms with Crippen LogP contribution in [0.1, 0.15) is 18.1 Å². The molecule has 0 aliphatic rings. The van der Waals surface area contributed by atoms with Crippen LogP contribution in [-0.2, 0) is 21.5 Å². The molecule has 0 aromatic heterocycles. The van der Waals surface area contributed by atoms with E-state index in [2.05, 4.69) is 9.88 Å². The Morgan fingerprint density at radius 2 is 1.86 bits per heavy atom. The van der Waals surface area contributed by atoms with Gasteiger partial charge in [0.2, 0.25) is 10.0 Å². The molecule has 2 rings (SSSR count). The van der Waals surface area contributed by atoms with Crippen molar-refractivity contribution in [2.75, 3.05) is 7.05 Å². The van der Waals surface area contributed by atoms with E-state index in [0.717, 1.165) is 5.56 Å². The highest BCUT2D eigenvalue weighted by Crippen LogP contribution is 2.12. The first-order valence-electron chi connectivity index (χ1n) is 6.77. The van der Waals surface area contributed by atoms with E-state index in [9.17, 15) is 8.42 Å². The molecule has 1 N–H and O–H groups in total. The van der Waals surface area contributed by atoms with Gasteiger partial charge in [-0.3, -0.25) is 0 Å². The molecule has 0 radical (unpaired) electrons. The molecule has 2 aromatic rings. The monoisotopic (exact) mass is 318 g/mol. The first-order valence-corrected chi connectivity index (χ1v) is 8.26. The van der Waals surface area contributed by atoms with Gasteiger partial charge in [-0.2, -0.15) is 0 Å². The number of nitrogens with one attached hydrogen (secondary N) is 1. The van der Waals surface area contributed by atoms with Crippen molar-refractivity contribution in [2.45, 2.75) is 18.4 Å². The molecule has 0 aliphatic carbocycles. The van der Waals surface area contributed by atoms with E-state index in [0.29, 0.717) is 17.9 Å². The lowest BCUT2D eigenvalue weighted by molar-refractivity contribution is 0.130. The lowest BCUT2D eigenvalue weighted by Crippen LogP contribution is -2.18. The molecule has 0 atom stereocenters. The number of nitrogens with zero attached hydrogens (tertiary/aromatic N) is 1. The summed E-state index contributed by atoms with van der Waals surface area (Å²) in [4.78, 5) is 5.51. The third kappa shape index (κ3) is 4.16. The van der Waals surface area contributed by atoms with Crippen LogP contribution in [0.4, 0.5) is 0 Å². The third-order valence-corrected chi connectivity index (χ3v) is 4.52. The molecular formula is C16H18N2O3S. The van der Waals surface area contributed by atoms with E-state index in [1.54, 1.807) is 25.1 Å². The quantitative estimate of drug-likeness (QED) is 0.657. The van der Waals surface area contributed by atoms with Gasteiger partial charge in [0.15, 0.2) is 0 Å². The fraction of sp³-hybridized carbons (Fsp3) is 0.188. The largest absolute Gasteiger partial charge is 0.391 e. The summed E-state index contributed by atoms with van der Waals surface area (Å²) in [6, 6.07) is 16.3. The van der Waals surface area contributed by atoms with Crippen LogP contribution in [-0.4, -0.2) is 21.2 Å². The lowest BCUT2D eigenvalue weighted by atomic mass is 10.1. The van der Waals surface area contributed by atoms with Gasteiger partial charge in [-0.15, -0.1) is 0 Å². The SMILES string of the molecule is CNS(=O)(=O)c1cccc(/C(C)=N/OCc2ccccc2)c1. The highest BCUT2D eigenvalue weighted by atomic mass is 32.2. The molecule has 0 bridgehead atoms. The van der Waals surface area contributed by atoms with Gasteiger partial charge in [0.25, 0.3) is 0 Å². The molecule has 22 heavy (non-hydrogen) atoms. The molecule has 116 valence electrons. The average Bonchev–Trinajstić information content (AvgIpc) is 2.56. The first kappa shape index (κ1) is 16.2. The molecular weight excluding hydrogens is 300 g/mol. The molecule has 0 fully saturated rings. The predicted molar refractivity (Wildman–Crippen MR) is 86.1 cm³/mol. The molecule has 0 saturated heterocycles. The van der Waals surface area contributed by atoms with Gasteiger partial charge in [0.05, 0.1) is 10.6 Å². The van der Waals surface area contributed by atoms with Gasteiger partial charge in [-0.25, -0.2) is 13.1 Å². The maximum absolute atomic E-state index is 11.8. The van der Waals surface area contributed by atoms with Crippen molar-refractivity contribution in [3.63, 3.8) is 0 Å². The fourth-order valence-corrected chi connectivity index (χ4v) is 2.61. The molecule has 5 nitrogen and oxygen atoms in total. The van der Waals surface area contributed by atoms with Crippen molar-refractivity contribution in [3.8, 4) is 0 Å². The summed E-state index contributed by atoms with van der Waals surface area (Å²) >= 11 is 0. The molecule has 0 unspecified atom stereocenters. The van der Waals surface area contributed by atoms with E-state index < -0.39 is 10.0 Å². The lowest BCUT2D eigenvalue weighted by Gasteiger charge is -2.06. The third-order valence-electron chi connectivity index (χ3n) is 3.11. The minimum atomic E-state index is -3.46. The van der Waals surface area contributed by atoms with Gasteiger partial charge in [0.1, 0.15) is 6.61 Å². The van der Waals surface area contributed by atoms with E-state index in [-0.39, 0.29) is 4.90 Å². The standard InChI is InChI=1S/C16H18N2O3S/c1-13(18-21-12-14-7-4-3-5-8-14)15-9-6-10-16(11-15)22(19,20)17-2/h3-11,17H,12H2,1-2H3/b18-13+. The van der Waals surface area contributed by atoms with Crippen LogP contribution < -0.4 is 4.72 Å². The summed E-state index contributed by atoms with van der Waals surface area (Å²) in [5.41, 5.74) is 2.33. The van der Waals surface area contributed by atoms with E-state index in [1.807, 2.05) is 30.3 Å². The fourth-order valence-electron chi connectivity index (χ4n) is 1.84. The van der Waals surface area contributed by atoms with Crippen molar-refractivity contribution >= 4 is 15.7 Å². The molecule has 0 aliphatic heterocycles. The molecule has 6 heteroatoms. The van der Waals surface area contributed by atoms with Crippen LogP contribution in [0.25, 0.3) is 0 Å². The average molecular weight is 318 g/mol. The number of hydrogen-bond donors (Lipinski definition) is 1. The van der Waals surface area contributed by atoms with E-state index in [4.69, 9.17) is 4.84 Å². The van der Waals surface area contributed by atoms with Crippen molar-refractivity contribution < 1.29 is 13.3 Å². The van der Waals surface area contributed by atoms with Crippen LogP contribution in [0.15, 0.2) is 64.6 Å². The normalized spacial score (nSPS) is 12.2. The zero-order valence-electron chi connectivity index (χ0n) is 12.5. The van der Waals surface area contributed by atoms with Gasteiger partial charge in [-0.1, -0.05) is 47.6 Å². The summed E-state index contributed by atoms with van der Waals surface area (Å²) in [5, 5.41) is 4.04. The summed E-state index contributed by atoms with van der Waals surface area (Å²) in [5.74, 6) is 0. The summed E-state index contributed by atoms with van der Waals surface area (Å²) in [7, 11) is -2.08. The zero-order valence-corrected chi connectivity index (χ0v) is 13.3. The van der Waals surface area contributed by atoms with Crippen molar-refractivity contribution in [3.05, 3.63) is 65.7 Å². The van der Waals surface area contributed by atoms with Crippen LogP contribution in [0.2, 0.25) is 0 Å². The zero-order chi connectivity index (χ0) is 16.0. The summed E-state index contributed by atoms with van der Waals surface area (Å²) < 4.78 is 25.9. The van der Waals surface area contributed by atoms with Crippen molar-refractivity contribution in [1.82, 2.24) is 4.72 Å². The Bertz CT molecular complexity index is 756. The number of benzene rings is 2. The van der Waals surface area contributed by atoms with E-state index in [1.165, 1.54) is 13.1 Å². The Kier molecular flexibility index (Phi) is 5.30. The Hall–Kier alpha value is -2.18. The smallest absolute Gasteiger partial charge is 0.240 e. The minimum Gasteiger partial charge on any atom is -0.391 e. The van der Waals surface area contributed by atoms with E-state index >= 15 is 0 Å². The van der Waals surface area contributed by atoms with Gasteiger partial charge in [-0.05, 0) is 31.7 Å². The van der Waals surface area contributed by atoms with Gasteiger partial charge < -0.3 is 4.84 Å². The van der Waals surface area contributed by atoms with Crippen LogP contribution >= 0.6 is 0 Å². The van der Waals surface area contributed by atoms with Crippen molar-refractivity contribution in [2.24, 2.45) is 5.16 Å². The number of hydrogen-bond acceptors (Lipinski definition) is 4. The van der Waals surface area contributed by atoms with Gasteiger partial charge >= 0.3 is 0 Å². The van der Waals surface area contributed by atoms with Crippen LogP contribution in [0.5, 0.6) is 0 Å². The predicted octanol–water partition coefficient (Wildman–Crippen LogP) is 2.54. The Morgan fingerprint density at radius 3 is 2.55 bits per heavy atom. The van der Waals surface area contributed by atoms with Crippen molar-refractivity contribution in [1.29, 1.82) is 0 Å². The molecule has 0 spiro atoms. The molecule has 0 amide bonds. The second kappa shape index (κ2) is 7.20. The number of oxime groups is 1. The second-order valence-corrected chi connectivity index (χ2v) is 6.56.